The van der Waals surface area contributed by atoms with Gasteiger partial charge in [-0.05, 0) is 12.8 Å². The number of carbonyl (C=O) groups is 2. The molecule has 0 bridgehead atoms. The van der Waals surface area contributed by atoms with E-state index in [1.165, 1.54) is 18.6 Å². The van der Waals surface area contributed by atoms with E-state index >= 15 is 0 Å². The molecule has 1 atom stereocenters. The maximum atomic E-state index is 10.2. The lowest BCUT2D eigenvalue weighted by Crippen LogP contribution is -2.34. The Morgan fingerprint density at radius 1 is 1.48 bits per heavy atom. The number of hydrogen-bond donors (Lipinski definition) is 6. The van der Waals surface area contributed by atoms with Gasteiger partial charge in [0.05, 0.1) is 6.54 Å². The first-order chi connectivity index (χ1) is 9.84. The van der Waals surface area contributed by atoms with Crippen molar-refractivity contribution in [2.45, 2.75) is 18.9 Å². The zero-order valence-corrected chi connectivity index (χ0v) is 11.4. The van der Waals surface area contributed by atoms with Gasteiger partial charge in [0, 0.05) is 25.2 Å². The summed E-state index contributed by atoms with van der Waals surface area (Å²) < 4.78 is 0. The van der Waals surface area contributed by atoms with Crippen LogP contribution in [0.5, 0.6) is 0 Å². The van der Waals surface area contributed by atoms with E-state index in [-0.39, 0.29) is 5.96 Å². The predicted octanol–water partition coefficient (Wildman–Crippen LogP) is -0.816. The van der Waals surface area contributed by atoms with Gasteiger partial charge in [-0.1, -0.05) is 0 Å². The van der Waals surface area contributed by atoms with Gasteiger partial charge in [-0.15, -0.1) is 0 Å². The van der Waals surface area contributed by atoms with Crippen LogP contribution < -0.4 is 16.8 Å². The second-order valence-corrected chi connectivity index (χ2v) is 3.99. The molecule has 0 fully saturated rings. The first-order valence-electron chi connectivity index (χ1n) is 6.08. The van der Waals surface area contributed by atoms with Crippen LogP contribution in [0.2, 0.25) is 0 Å². The van der Waals surface area contributed by atoms with Gasteiger partial charge in [0.2, 0.25) is 0 Å². The molecule has 1 unspecified atom stereocenters. The summed E-state index contributed by atoms with van der Waals surface area (Å²) in [6.45, 7) is 0.835. The third kappa shape index (κ3) is 9.90. The summed E-state index contributed by atoms with van der Waals surface area (Å²) in [6.07, 6.45) is 4.42. The number of amides is 1. The molecule has 1 rings (SSSR count). The standard InChI is InChI=1S/C6H14N4O2.C5H6N2O2/c7-4(5(11)12)2-1-3-10-6(8)9;8-5(9)7-3-1-6-2-4-7/h4H,1-3,7H2,(H,11,12)(H4,8,9,10);1-3H,4H2,(H,8,9). The number of nitrogens with zero attached hydrogens (tertiary/aromatic N) is 2. The average Bonchev–Trinajstić information content (AvgIpc) is 2.44. The smallest absolute Gasteiger partial charge is 0.411 e. The summed E-state index contributed by atoms with van der Waals surface area (Å²) in [6, 6.07) is -0.821. The summed E-state index contributed by atoms with van der Waals surface area (Å²) in [5.41, 5.74) is 10.2. The molecular weight excluding hydrogens is 280 g/mol. The molecule has 0 radical (unpaired) electrons. The second-order valence-electron chi connectivity index (χ2n) is 3.99. The van der Waals surface area contributed by atoms with Crippen LogP contribution in [0.3, 0.4) is 0 Å². The lowest BCUT2D eigenvalue weighted by molar-refractivity contribution is -0.138. The molecule has 0 aromatic rings. The van der Waals surface area contributed by atoms with Crippen molar-refractivity contribution in [2.75, 3.05) is 13.1 Å². The lowest BCUT2D eigenvalue weighted by Gasteiger charge is -2.11. The number of hydrogen-bond acceptors (Lipinski definition) is 5. The van der Waals surface area contributed by atoms with Gasteiger partial charge in [-0.2, -0.15) is 0 Å². The van der Waals surface area contributed by atoms with Crippen molar-refractivity contribution in [1.29, 1.82) is 5.41 Å². The van der Waals surface area contributed by atoms with Crippen LogP contribution in [0.1, 0.15) is 12.8 Å². The Kier molecular flexibility index (Phi) is 8.93. The molecule has 0 aliphatic carbocycles. The maximum absolute atomic E-state index is 10.2. The monoisotopic (exact) mass is 300 g/mol. The van der Waals surface area contributed by atoms with E-state index < -0.39 is 18.1 Å². The Morgan fingerprint density at radius 3 is 2.52 bits per heavy atom. The maximum Gasteiger partial charge on any atom is 0.411 e. The van der Waals surface area contributed by atoms with Crippen molar-refractivity contribution in [3.8, 4) is 0 Å². The lowest BCUT2D eigenvalue weighted by atomic mass is 10.2. The molecule has 118 valence electrons. The van der Waals surface area contributed by atoms with Gasteiger partial charge in [-0.3, -0.25) is 20.1 Å². The molecule has 1 aliphatic rings. The first kappa shape index (κ1) is 18.4. The number of nitrogens with one attached hydrogen (secondary N) is 2. The fourth-order valence-corrected chi connectivity index (χ4v) is 1.19. The number of aliphatic carboxylic acids is 1. The molecule has 0 aromatic carbocycles. The number of nitrogens with two attached hydrogens (primary N) is 2. The summed E-state index contributed by atoms with van der Waals surface area (Å²) in [5.74, 6) is -1.11. The molecule has 0 saturated heterocycles. The molecule has 1 aliphatic heterocycles. The minimum atomic E-state index is -1.00. The topological polar surface area (TPSA) is 178 Å². The highest BCUT2D eigenvalue weighted by Crippen LogP contribution is 1.94. The molecule has 8 N–H and O–H groups in total. The number of aliphatic imine (C=N–C) groups is 1. The fraction of sp³-hybridized carbons (Fsp3) is 0.455. The van der Waals surface area contributed by atoms with E-state index in [0.717, 1.165) is 4.90 Å². The molecule has 10 heteroatoms. The highest BCUT2D eigenvalue weighted by Gasteiger charge is 2.09. The SMILES string of the molecule is N=C(N)NCCCC(N)C(=O)O.O=C(O)N1C=CN=CC1. The van der Waals surface area contributed by atoms with Crippen LogP contribution in [0.15, 0.2) is 17.4 Å². The van der Waals surface area contributed by atoms with Crippen molar-refractivity contribution in [2.24, 2.45) is 16.5 Å². The summed E-state index contributed by atoms with van der Waals surface area (Å²) >= 11 is 0. The van der Waals surface area contributed by atoms with E-state index in [1.54, 1.807) is 0 Å². The molecular formula is C11H20N6O4. The van der Waals surface area contributed by atoms with Gasteiger partial charge < -0.3 is 27.0 Å². The van der Waals surface area contributed by atoms with Crippen LogP contribution in [-0.2, 0) is 4.79 Å². The van der Waals surface area contributed by atoms with E-state index in [0.29, 0.717) is 25.9 Å². The Bertz CT molecular complexity index is 423. The molecule has 0 saturated carbocycles. The molecule has 21 heavy (non-hydrogen) atoms. The van der Waals surface area contributed by atoms with E-state index in [4.69, 9.17) is 27.1 Å². The van der Waals surface area contributed by atoms with E-state index in [9.17, 15) is 9.59 Å². The van der Waals surface area contributed by atoms with Crippen molar-refractivity contribution in [1.82, 2.24) is 10.2 Å². The highest BCUT2D eigenvalue weighted by atomic mass is 16.4. The molecule has 0 spiro atoms. The minimum absolute atomic E-state index is 0.112. The summed E-state index contributed by atoms with van der Waals surface area (Å²) in [4.78, 5) is 25.2. The Labute approximate surface area is 121 Å². The zero-order chi connectivity index (χ0) is 16.3. The Morgan fingerprint density at radius 2 is 2.14 bits per heavy atom. The van der Waals surface area contributed by atoms with Crippen LogP contribution in [0.4, 0.5) is 4.79 Å². The van der Waals surface area contributed by atoms with E-state index in [2.05, 4.69) is 10.3 Å². The fourth-order valence-electron chi connectivity index (χ4n) is 1.19. The van der Waals surface area contributed by atoms with Crippen molar-refractivity contribution in [3.05, 3.63) is 12.4 Å². The van der Waals surface area contributed by atoms with Crippen LogP contribution in [0.25, 0.3) is 0 Å². The second kappa shape index (κ2) is 10.2. The Balaban J connectivity index is 0.000000394. The van der Waals surface area contributed by atoms with Crippen LogP contribution >= 0.6 is 0 Å². The number of carboxylic acid groups (broad SMARTS) is 2. The van der Waals surface area contributed by atoms with Gasteiger partial charge in [0.25, 0.3) is 0 Å². The summed E-state index contributed by atoms with van der Waals surface area (Å²) in [5, 5.41) is 26.1. The van der Waals surface area contributed by atoms with Crippen molar-refractivity contribution < 1.29 is 19.8 Å². The third-order valence-corrected chi connectivity index (χ3v) is 2.29. The normalized spacial score (nSPS) is 13.9. The summed E-state index contributed by atoms with van der Waals surface area (Å²) in [7, 11) is 0. The average molecular weight is 300 g/mol. The first-order valence-corrected chi connectivity index (χ1v) is 6.08. The Hall–Kier alpha value is -2.62. The zero-order valence-electron chi connectivity index (χ0n) is 11.4. The molecule has 0 aromatic heterocycles. The van der Waals surface area contributed by atoms with Gasteiger partial charge >= 0.3 is 12.1 Å². The van der Waals surface area contributed by atoms with Gasteiger partial charge in [0.15, 0.2) is 5.96 Å². The third-order valence-electron chi connectivity index (χ3n) is 2.29. The van der Waals surface area contributed by atoms with Crippen molar-refractivity contribution >= 4 is 24.2 Å². The molecule has 1 amide bonds. The minimum Gasteiger partial charge on any atom is -0.480 e. The largest absolute Gasteiger partial charge is 0.480 e. The van der Waals surface area contributed by atoms with Crippen LogP contribution in [0, 0.1) is 5.41 Å². The highest BCUT2D eigenvalue weighted by molar-refractivity contribution is 5.74. The molecule has 1 heterocycles. The molecule has 10 nitrogen and oxygen atoms in total. The van der Waals surface area contributed by atoms with Gasteiger partial charge in [-0.25, -0.2) is 4.79 Å². The van der Waals surface area contributed by atoms with Crippen molar-refractivity contribution in [3.63, 3.8) is 0 Å². The number of guanidine groups is 1. The quantitative estimate of drug-likeness (QED) is 0.218. The number of rotatable bonds is 5. The number of carboxylic acids is 1. The van der Waals surface area contributed by atoms with Gasteiger partial charge in [0.1, 0.15) is 6.04 Å². The van der Waals surface area contributed by atoms with E-state index in [1.807, 2.05) is 0 Å². The predicted molar refractivity (Wildman–Crippen MR) is 77.1 cm³/mol. The van der Waals surface area contributed by atoms with Crippen LogP contribution in [-0.4, -0.2) is 58.5 Å².